The molecule has 0 aliphatic carbocycles. The fraction of sp³-hybridized carbons (Fsp3) is 0.909. The third-order valence-electron chi connectivity index (χ3n) is 2.98. The molecule has 0 saturated carbocycles. The molecule has 0 aromatic rings. The molecule has 0 amide bonds. The number of amidine groups is 1. The van der Waals surface area contributed by atoms with E-state index >= 15 is 0 Å². The van der Waals surface area contributed by atoms with Crippen molar-refractivity contribution in [2.75, 3.05) is 18.1 Å². The molecule has 1 unspecified atom stereocenters. The Hall–Kier alpha value is 0.170. The van der Waals surface area contributed by atoms with Crippen LogP contribution in [-0.2, 0) is 0 Å². The number of aliphatic imine (C=N–C) groups is 1. The van der Waals surface area contributed by atoms with E-state index in [0.717, 1.165) is 11.8 Å². The lowest BCUT2D eigenvalue weighted by Gasteiger charge is -2.13. The number of nitrogens with one attached hydrogen (secondary N) is 1. The maximum atomic E-state index is 4.69. The van der Waals surface area contributed by atoms with E-state index in [1.165, 1.54) is 29.5 Å². The van der Waals surface area contributed by atoms with Gasteiger partial charge in [0.05, 0.1) is 6.54 Å². The summed E-state index contributed by atoms with van der Waals surface area (Å²) in [5.74, 6) is 3.24. The van der Waals surface area contributed by atoms with Crippen molar-refractivity contribution in [1.82, 2.24) is 5.32 Å². The minimum Gasteiger partial charge on any atom is -0.361 e. The maximum Gasteiger partial charge on any atom is 0.156 e. The Labute approximate surface area is 101 Å². The Morgan fingerprint density at radius 1 is 1.53 bits per heavy atom. The van der Waals surface area contributed by atoms with Crippen LogP contribution in [0.5, 0.6) is 0 Å². The average molecular weight is 244 g/mol. The van der Waals surface area contributed by atoms with Crippen LogP contribution in [0, 0.1) is 5.92 Å². The number of hydrogen-bond acceptors (Lipinski definition) is 3. The third kappa shape index (κ3) is 3.31. The summed E-state index contributed by atoms with van der Waals surface area (Å²) in [7, 11) is 0. The van der Waals surface area contributed by atoms with Crippen molar-refractivity contribution in [3.05, 3.63) is 0 Å². The molecule has 2 aliphatic rings. The number of nitrogens with zero attached hydrogens (tertiary/aromatic N) is 1. The van der Waals surface area contributed by atoms with Gasteiger partial charge in [0.1, 0.15) is 0 Å². The highest BCUT2D eigenvalue weighted by Gasteiger charge is 2.23. The van der Waals surface area contributed by atoms with Crippen LogP contribution in [-0.4, -0.2) is 34.5 Å². The van der Waals surface area contributed by atoms with Crippen LogP contribution in [0.3, 0.4) is 0 Å². The van der Waals surface area contributed by atoms with Crippen molar-refractivity contribution in [2.45, 2.75) is 38.0 Å². The molecule has 2 atom stereocenters. The average Bonchev–Trinajstić information content (AvgIpc) is 2.86. The van der Waals surface area contributed by atoms with Gasteiger partial charge in [-0.05, 0) is 24.5 Å². The van der Waals surface area contributed by atoms with Gasteiger partial charge in [-0.3, -0.25) is 4.99 Å². The van der Waals surface area contributed by atoms with E-state index in [9.17, 15) is 0 Å². The van der Waals surface area contributed by atoms with E-state index in [4.69, 9.17) is 0 Å². The van der Waals surface area contributed by atoms with E-state index in [-0.39, 0.29) is 0 Å². The van der Waals surface area contributed by atoms with Gasteiger partial charge in [0.2, 0.25) is 0 Å². The van der Waals surface area contributed by atoms with Crippen molar-refractivity contribution in [2.24, 2.45) is 10.9 Å². The molecule has 15 heavy (non-hydrogen) atoms. The van der Waals surface area contributed by atoms with Gasteiger partial charge in [-0.2, -0.15) is 11.8 Å². The van der Waals surface area contributed by atoms with Crippen LogP contribution in [0.15, 0.2) is 4.99 Å². The first-order valence-electron chi connectivity index (χ1n) is 5.81. The zero-order valence-electron chi connectivity index (χ0n) is 9.53. The first-order valence-corrected chi connectivity index (χ1v) is 7.84. The van der Waals surface area contributed by atoms with Crippen molar-refractivity contribution in [3.8, 4) is 0 Å². The Balaban J connectivity index is 1.77. The Bertz CT molecular complexity index is 235. The third-order valence-corrected chi connectivity index (χ3v) is 5.40. The van der Waals surface area contributed by atoms with E-state index in [2.05, 4.69) is 35.9 Å². The van der Waals surface area contributed by atoms with Crippen LogP contribution in [0.1, 0.15) is 26.7 Å². The topological polar surface area (TPSA) is 24.4 Å². The predicted molar refractivity (Wildman–Crippen MR) is 72.0 cm³/mol. The zero-order chi connectivity index (χ0) is 10.7. The molecule has 2 rings (SSSR count). The van der Waals surface area contributed by atoms with Crippen LogP contribution in [0.2, 0.25) is 0 Å². The molecule has 2 fully saturated rings. The summed E-state index contributed by atoms with van der Waals surface area (Å²) in [6.45, 7) is 5.56. The molecular weight excluding hydrogens is 224 g/mol. The molecule has 86 valence electrons. The van der Waals surface area contributed by atoms with Gasteiger partial charge in [-0.15, -0.1) is 0 Å². The first kappa shape index (κ1) is 11.6. The minimum atomic E-state index is 0.630. The monoisotopic (exact) mass is 244 g/mol. The summed E-state index contributed by atoms with van der Waals surface area (Å²) in [6, 6.07) is 0.630. The number of rotatable bonds is 3. The van der Waals surface area contributed by atoms with Crippen LogP contribution < -0.4 is 5.32 Å². The molecule has 2 heterocycles. The summed E-state index contributed by atoms with van der Waals surface area (Å²) in [5, 5.41) is 5.49. The molecule has 1 N–H and O–H groups in total. The van der Waals surface area contributed by atoms with Gasteiger partial charge in [0.25, 0.3) is 0 Å². The van der Waals surface area contributed by atoms with Crippen LogP contribution >= 0.6 is 23.5 Å². The Morgan fingerprint density at radius 2 is 2.40 bits per heavy atom. The Morgan fingerprint density at radius 3 is 3.00 bits per heavy atom. The summed E-state index contributed by atoms with van der Waals surface area (Å²) in [4.78, 5) is 4.69. The molecule has 2 aliphatic heterocycles. The lowest BCUT2D eigenvalue weighted by molar-refractivity contribution is 0.503. The van der Waals surface area contributed by atoms with Crippen molar-refractivity contribution < 1.29 is 0 Å². The highest BCUT2D eigenvalue weighted by atomic mass is 32.2. The molecule has 0 spiro atoms. The smallest absolute Gasteiger partial charge is 0.156 e. The molecule has 2 nitrogen and oxygen atoms in total. The zero-order valence-corrected chi connectivity index (χ0v) is 11.2. The van der Waals surface area contributed by atoms with Gasteiger partial charge in [0, 0.05) is 17.0 Å². The summed E-state index contributed by atoms with van der Waals surface area (Å²) in [6.07, 6.45) is 2.75. The van der Waals surface area contributed by atoms with Crippen molar-refractivity contribution in [1.29, 1.82) is 0 Å². The van der Waals surface area contributed by atoms with E-state index in [0.29, 0.717) is 12.0 Å². The SMILES string of the molecule is CC(C)[C@H]1CSC(=NCC2CCCS2)N1. The van der Waals surface area contributed by atoms with Crippen LogP contribution in [0.25, 0.3) is 0 Å². The molecular formula is C11H20N2S2. The molecule has 0 radical (unpaired) electrons. The number of thioether (sulfide) groups is 2. The van der Waals surface area contributed by atoms with Gasteiger partial charge in [0.15, 0.2) is 5.17 Å². The van der Waals surface area contributed by atoms with Gasteiger partial charge in [-0.25, -0.2) is 0 Å². The second kappa shape index (κ2) is 5.48. The normalized spacial score (nSPS) is 33.9. The van der Waals surface area contributed by atoms with Crippen molar-refractivity contribution in [3.63, 3.8) is 0 Å². The van der Waals surface area contributed by atoms with Crippen LogP contribution in [0.4, 0.5) is 0 Å². The highest BCUT2D eigenvalue weighted by molar-refractivity contribution is 8.14. The largest absolute Gasteiger partial charge is 0.361 e. The lowest BCUT2D eigenvalue weighted by Crippen LogP contribution is -2.31. The lowest BCUT2D eigenvalue weighted by atomic mass is 10.1. The van der Waals surface area contributed by atoms with Gasteiger partial charge >= 0.3 is 0 Å². The second-order valence-electron chi connectivity index (χ2n) is 4.59. The quantitative estimate of drug-likeness (QED) is 0.826. The van der Waals surface area contributed by atoms with E-state index in [1.54, 1.807) is 0 Å². The molecule has 2 saturated heterocycles. The maximum absolute atomic E-state index is 4.69. The molecule has 0 aromatic carbocycles. The predicted octanol–water partition coefficient (Wildman–Crippen LogP) is 2.60. The standard InChI is InChI=1S/C11H20N2S2/c1-8(2)10-7-15-11(13-10)12-6-9-4-3-5-14-9/h8-10H,3-7H2,1-2H3,(H,12,13)/t9?,10-/m1/s1. The molecule has 4 heteroatoms. The molecule has 0 aromatic heterocycles. The summed E-state index contributed by atoms with van der Waals surface area (Å²) in [5.41, 5.74) is 0. The summed E-state index contributed by atoms with van der Waals surface area (Å²) < 4.78 is 0. The first-order chi connectivity index (χ1) is 7.25. The fourth-order valence-corrected chi connectivity index (χ4v) is 4.22. The fourth-order valence-electron chi connectivity index (χ4n) is 1.83. The number of hydrogen-bond donors (Lipinski definition) is 1. The second-order valence-corrected chi connectivity index (χ2v) is 7.00. The van der Waals surface area contributed by atoms with Crippen molar-refractivity contribution >= 4 is 28.7 Å². The van der Waals surface area contributed by atoms with E-state index in [1.807, 2.05) is 11.8 Å². The minimum absolute atomic E-state index is 0.630. The Kier molecular flexibility index (Phi) is 4.26. The molecule has 0 bridgehead atoms. The summed E-state index contributed by atoms with van der Waals surface area (Å²) >= 11 is 3.98. The van der Waals surface area contributed by atoms with Gasteiger partial charge < -0.3 is 5.32 Å². The van der Waals surface area contributed by atoms with E-state index < -0.39 is 0 Å². The van der Waals surface area contributed by atoms with Gasteiger partial charge in [-0.1, -0.05) is 25.6 Å². The highest BCUT2D eigenvalue weighted by Crippen LogP contribution is 2.27.